The molecule has 1 amide bonds. The monoisotopic (exact) mass is 326 g/mol. The molecule has 3 N–H and O–H groups in total. The molecular formula is C17H14N2O3S. The summed E-state index contributed by atoms with van der Waals surface area (Å²) in [6.45, 7) is 0. The molecule has 1 aromatic heterocycles. The Balaban J connectivity index is 2.22. The van der Waals surface area contributed by atoms with Crippen LogP contribution in [0.25, 0.3) is 11.0 Å². The minimum atomic E-state index is -0.622. The molecule has 0 saturated heterocycles. The molecule has 23 heavy (non-hydrogen) atoms. The summed E-state index contributed by atoms with van der Waals surface area (Å²) in [5, 5.41) is 10.2. The first-order valence-corrected chi connectivity index (χ1v) is 8.05. The second-order valence-electron chi connectivity index (χ2n) is 4.86. The average molecular weight is 326 g/mol. The normalized spacial score (nSPS) is 11.8. The lowest BCUT2D eigenvalue weighted by molar-refractivity contribution is 0.0996. The molecule has 6 heteroatoms. The molecule has 0 bridgehead atoms. The van der Waals surface area contributed by atoms with E-state index in [4.69, 9.17) is 10.2 Å². The highest BCUT2D eigenvalue weighted by Gasteiger charge is 2.10. The van der Waals surface area contributed by atoms with E-state index < -0.39 is 5.91 Å². The number of phenolic OH excluding ortho intramolecular Hbond substituents is 1. The number of nitrogens with zero attached hydrogens (tertiary/aromatic N) is 1. The van der Waals surface area contributed by atoms with Crippen LogP contribution in [0.1, 0.15) is 10.4 Å². The van der Waals surface area contributed by atoms with Crippen molar-refractivity contribution < 1.29 is 14.3 Å². The zero-order valence-electron chi connectivity index (χ0n) is 12.3. The number of hydrogen-bond acceptors (Lipinski definition) is 5. The SMILES string of the molecule is CSc1ccc(N=c2oc3cc(O)ccc3cc2C(N)=O)cc1. The Bertz CT molecular complexity index is 946. The van der Waals surface area contributed by atoms with E-state index >= 15 is 0 Å². The number of nitrogens with two attached hydrogens (primary N) is 1. The molecule has 2 aromatic carbocycles. The van der Waals surface area contributed by atoms with Crippen molar-refractivity contribution in [2.24, 2.45) is 10.7 Å². The Hall–Kier alpha value is -2.73. The maximum atomic E-state index is 11.7. The third kappa shape index (κ3) is 3.22. The quantitative estimate of drug-likeness (QED) is 0.723. The van der Waals surface area contributed by atoms with Gasteiger partial charge < -0.3 is 15.3 Å². The van der Waals surface area contributed by atoms with Crippen LogP contribution in [0.15, 0.2) is 62.8 Å². The first-order valence-electron chi connectivity index (χ1n) is 6.82. The van der Waals surface area contributed by atoms with Crippen molar-refractivity contribution >= 4 is 34.3 Å². The molecule has 0 radical (unpaired) electrons. The molecule has 0 aliphatic carbocycles. The van der Waals surface area contributed by atoms with Crippen molar-refractivity contribution in [1.29, 1.82) is 0 Å². The fourth-order valence-corrected chi connectivity index (χ4v) is 2.55. The zero-order chi connectivity index (χ0) is 16.4. The summed E-state index contributed by atoms with van der Waals surface area (Å²) in [5.74, 6) is -0.549. The fraction of sp³-hybridized carbons (Fsp3) is 0.0588. The number of thioether (sulfide) groups is 1. The third-order valence-corrected chi connectivity index (χ3v) is 4.05. The minimum absolute atomic E-state index is 0.0725. The molecule has 0 aliphatic rings. The van der Waals surface area contributed by atoms with Gasteiger partial charge in [0.2, 0.25) is 5.55 Å². The Labute approximate surface area is 136 Å². The van der Waals surface area contributed by atoms with E-state index in [0.29, 0.717) is 16.7 Å². The fourth-order valence-electron chi connectivity index (χ4n) is 2.14. The summed E-state index contributed by atoms with van der Waals surface area (Å²) in [5.41, 5.74) is 6.81. The van der Waals surface area contributed by atoms with Gasteiger partial charge in [-0.15, -0.1) is 11.8 Å². The van der Waals surface area contributed by atoms with Crippen molar-refractivity contribution in [2.75, 3.05) is 6.26 Å². The van der Waals surface area contributed by atoms with Gasteiger partial charge in [0.25, 0.3) is 5.91 Å². The van der Waals surface area contributed by atoms with Gasteiger partial charge >= 0.3 is 0 Å². The molecule has 0 spiro atoms. The molecular weight excluding hydrogens is 312 g/mol. The number of fused-ring (bicyclic) bond motifs is 1. The molecule has 0 atom stereocenters. The number of amides is 1. The Morgan fingerprint density at radius 1 is 1.17 bits per heavy atom. The first kappa shape index (κ1) is 15.2. The Morgan fingerprint density at radius 3 is 2.57 bits per heavy atom. The number of benzene rings is 2. The van der Waals surface area contributed by atoms with E-state index in [9.17, 15) is 9.90 Å². The van der Waals surface area contributed by atoms with Gasteiger partial charge in [0.1, 0.15) is 16.9 Å². The maximum Gasteiger partial charge on any atom is 0.254 e. The molecule has 5 nitrogen and oxygen atoms in total. The van der Waals surface area contributed by atoms with Crippen LogP contribution in [0.5, 0.6) is 5.75 Å². The smallest absolute Gasteiger partial charge is 0.254 e. The number of carbonyl (C=O) groups excluding carboxylic acids is 1. The molecule has 1 heterocycles. The van der Waals surface area contributed by atoms with E-state index in [0.717, 1.165) is 4.90 Å². The summed E-state index contributed by atoms with van der Waals surface area (Å²) >= 11 is 1.63. The molecule has 3 rings (SSSR count). The average Bonchev–Trinajstić information content (AvgIpc) is 2.54. The lowest BCUT2D eigenvalue weighted by atomic mass is 10.1. The van der Waals surface area contributed by atoms with Crippen LogP contribution in [-0.4, -0.2) is 17.3 Å². The summed E-state index contributed by atoms with van der Waals surface area (Å²) in [4.78, 5) is 17.1. The summed E-state index contributed by atoms with van der Waals surface area (Å²) in [6, 6.07) is 13.8. The summed E-state index contributed by atoms with van der Waals surface area (Å²) in [6.07, 6.45) is 1.99. The molecule has 0 saturated carbocycles. The Morgan fingerprint density at radius 2 is 1.91 bits per heavy atom. The van der Waals surface area contributed by atoms with Crippen molar-refractivity contribution in [2.45, 2.75) is 4.90 Å². The van der Waals surface area contributed by atoms with Gasteiger partial charge in [0.15, 0.2) is 0 Å². The Kier molecular flexibility index (Phi) is 4.08. The van der Waals surface area contributed by atoms with Crippen molar-refractivity contribution in [3.05, 3.63) is 59.6 Å². The molecule has 0 unspecified atom stereocenters. The number of primary amides is 1. The van der Waals surface area contributed by atoms with Gasteiger partial charge in [-0.05, 0) is 48.7 Å². The lowest BCUT2D eigenvalue weighted by Crippen LogP contribution is -2.21. The van der Waals surface area contributed by atoms with Gasteiger partial charge in [-0.1, -0.05) is 0 Å². The van der Waals surface area contributed by atoms with Gasteiger partial charge in [-0.25, -0.2) is 4.99 Å². The number of carbonyl (C=O) groups is 1. The van der Waals surface area contributed by atoms with Crippen LogP contribution in [0, 0.1) is 0 Å². The number of aromatic hydroxyl groups is 1. The molecule has 0 aliphatic heterocycles. The van der Waals surface area contributed by atoms with E-state index in [1.807, 2.05) is 30.5 Å². The molecule has 0 fully saturated rings. The highest BCUT2D eigenvalue weighted by Crippen LogP contribution is 2.21. The van der Waals surface area contributed by atoms with E-state index in [-0.39, 0.29) is 16.9 Å². The lowest BCUT2D eigenvalue weighted by Gasteiger charge is -2.03. The standard InChI is InChI=1S/C17H14N2O3S/c1-23-13-6-3-11(4-7-13)19-17-14(16(18)21)8-10-2-5-12(20)9-15(10)22-17/h2-9,20H,1H3,(H2,18,21). The summed E-state index contributed by atoms with van der Waals surface area (Å²) < 4.78 is 5.66. The molecule has 3 aromatic rings. The number of hydrogen-bond donors (Lipinski definition) is 2. The highest BCUT2D eigenvalue weighted by molar-refractivity contribution is 7.98. The van der Waals surface area contributed by atoms with Crippen molar-refractivity contribution in [3.63, 3.8) is 0 Å². The van der Waals surface area contributed by atoms with E-state index in [1.165, 1.54) is 12.1 Å². The zero-order valence-corrected chi connectivity index (χ0v) is 13.1. The van der Waals surface area contributed by atoms with Crippen molar-refractivity contribution in [3.8, 4) is 5.75 Å². The van der Waals surface area contributed by atoms with Crippen LogP contribution >= 0.6 is 11.8 Å². The van der Waals surface area contributed by atoms with Crippen LogP contribution in [0.4, 0.5) is 5.69 Å². The second kappa shape index (κ2) is 6.18. The van der Waals surface area contributed by atoms with Gasteiger partial charge in [0.05, 0.1) is 5.69 Å². The van der Waals surface area contributed by atoms with E-state index in [1.54, 1.807) is 23.9 Å². The third-order valence-electron chi connectivity index (χ3n) is 3.30. The topological polar surface area (TPSA) is 88.8 Å². The number of rotatable bonds is 3. The minimum Gasteiger partial charge on any atom is -0.508 e. The van der Waals surface area contributed by atoms with Crippen molar-refractivity contribution in [1.82, 2.24) is 0 Å². The van der Waals surface area contributed by atoms with Crippen LogP contribution < -0.4 is 11.3 Å². The second-order valence-corrected chi connectivity index (χ2v) is 5.74. The molecule has 116 valence electrons. The van der Waals surface area contributed by atoms with Crippen LogP contribution in [-0.2, 0) is 0 Å². The first-order chi connectivity index (χ1) is 11.1. The highest BCUT2D eigenvalue weighted by atomic mass is 32.2. The van der Waals surface area contributed by atoms with Gasteiger partial charge in [0, 0.05) is 16.3 Å². The van der Waals surface area contributed by atoms with Crippen LogP contribution in [0.3, 0.4) is 0 Å². The predicted octanol–water partition coefficient (Wildman–Crippen LogP) is 3.19. The van der Waals surface area contributed by atoms with Gasteiger partial charge in [-0.3, -0.25) is 4.79 Å². The van der Waals surface area contributed by atoms with Crippen LogP contribution in [0.2, 0.25) is 0 Å². The largest absolute Gasteiger partial charge is 0.508 e. The van der Waals surface area contributed by atoms with Gasteiger partial charge in [-0.2, -0.15) is 0 Å². The summed E-state index contributed by atoms with van der Waals surface area (Å²) in [7, 11) is 0. The maximum absolute atomic E-state index is 11.7. The number of phenols is 1. The predicted molar refractivity (Wildman–Crippen MR) is 89.8 cm³/mol. The van der Waals surface area contributed by atoms with E-state index in [2.05, 4.69) is 4.99 Å².